The summed E-state index contributed by atoms with van der Waals surface area (Å²) in [7, 11) is 0. The molecule has 0 bridgehead atoms. The average Bonchev–Trinajstić information content (AvgIpc) is 2.07. The van der Waals surface area contributed by atoms with Gasteiger partial charge in [0.2, 0.25) is 0 Å². The van der Waals surface area contributed by atoms with Crippen molar-refractivity contribution in [2.24, 2.45) is 11.1 Å². The molecule has 62 valence electrons. The second-order valence-electron chi connectivity index (χ2n) is 3.95. The Morgan fingerprint density at radius 1 is 1.27 bits per heavy atom. The van der Waals surface area contributed by atoms with E-state index in [1.54, 1.807) is 0 Å². The molecular weight excluding hydrogens is 138 g/mol. The molecular formula is C9H15NO. The SMILES string of the molecule is NC1CC(=O)C12CCCCC2. The van der Waals surface area contributed by atoms with Gasteiger partial charge in [0.05, 0.1) is 0 Å². The van der Waals surface area contributed by atoms with Gasteiger partial charge in [-0.25, -0.2) is 0 Å². The molecule has 2 nitrogen and oxygen atoms in total. The fourth-order valence-electron chi connectivity index (χ4n) is 2.51. The van der Waals surface area contributed by atoms with E-state index in [4.69, 9.17) is 5.73 Å². The Morgan fingerprint density at radius 2 is 1.91 bits per heavy atom. The van der Waals surface area contributed by atoms with Crippen LogP contribution in [0.15, 0.2) is 0 Å². The number of carbonyl (C=O) groups excluding carboxylic acids is 1. The minimum Gasteiger partial charge on any atom is -0.326 e. The van der Waals surface area contributed by atoms with E-state index < -0.39 is 0 Å². The minimum absolute atomic E-state index is 0.0434. The van der Waals surface area contributed by atoms with Crippen LogP contribution in [0.1, 0.15) is 38.5 Å². The summed E-state index contributed by atoms with van der Waals surface area (Å²) in [5.74, 6) is 0.435. The van der Waals surface area contributed by atoms with Crippen LogP contribution in [0.4, 0.5) is 0 Å². The lowest BCUT2D eigenvalue weighted by atomic mass is 9.57. The number of ketones is 1. The van der Waals surface area contributed by atoms with Crippen LogP contribution in [-0.4, -0.2) is 11.8 Å². The molecule has 1 atom stereocenters. The molecule has 0 aromatic heterocycles. The van der Waals surface area contributed by atoms with Crippen molar-refractivity contribution >= 4 is 5.78 Å². The Labute approximate surface area is 67.1 Å². The van der Waals surface area contributed by atoms with Gasteiger partial charge in [-0.3, -0.25) is 4.79 Å². The molecule has 0 aromatic rings. The van der Waals surface area contributed by atoms with Crippen LogP contribution in [0.3, 0.4) is 0 Å². The summed E-state index contributed by atoms with van der Waals surface area (Å²) in [6, 6.07) is 0.190. The third-order valence-corrected chi connectivity index (χ3v) is 3.42. The topological polar surface area (TPSA) is 43.1 Å². The van der Waals surface area contributed by atoms with E-state index in [9.17, 15) is 4.79 Å². The van der Waals surface area contributed by atoms with E-state index in [2.05, 4.69) is 0 Å². The third-order valence-electron chi connectivity index (χ3n) is 3.42. The van der Waals surface area contributed by atoms with Crippen LogP contribution in [-0.2, 0) is 4.79 Å². The third kappa shape index (κ3) is 0.853. The van der Waals surface area contributed by atoms with Gasteiger partial charge in [-0.2, -0.15) is 0 Å². The highest BCUT2D eigenvalue weighted by Gasteiger charge is 2.52. The van der Waals surface area contributed by atoms with Crippen molar-refractivity contribution < 1.29 is 4.79 Å². The highest BCUT2D eigenvalue weighted by Crippen LogP contribution is 2.47. The summed E-state index contributed by atoms with van der Waals surface area (Å²) in [5, 5.41) is 0. The summed E-state index contributed by atoms with van der Waals surface area (Å²) in [6.45, 7) is 0. The summed E-state index contributed by atoms with van der Waals surface area (Å²) < 4.78 is 0. The fraction of sp³-hybridized carbons (Fsp3) is 0.889. The maximum Gasteiger partial charge on any atom is 0.142 e. The van der Waals surface area contributed by atoms with Crippen LogP contribution in [0.25, 0.3) is 0 Å². The Kier molecular flexibility index (Phi) is 1.53. The van der Waals surface area contributed by atoms with Gasteiger partial charge in [-0.15, -0.1) is 0 Å². The van der Waals surface area contributed by atoms with E-state index >= 15 is 0 Å². The molecule has 2 N–H and O–H groups in total. The minimum atomic E-state index is -0.0434. The number of hydrogen-bond donors (Lipinski definition) is 1. The first-order valence-corrected chi connectivity index (χ1v) is 4.55. The van der Waals surface area contributed by atoms with E-state index in [-0.39, 0.29) is 11.5 Å². The Balaban J connectivity index is 2.12. The second-order valence-corrected chi connectivity index (χ2v) is 3.95. The Bertz CT molecular complexity index is 182. The van der Waals surface area contributed by atoms with Gasteiger partial charge in [0.1, 0.15) is 5.78 Å². The van der Waals surface area contributed by atoms with Gasteiger partial charge in [-0.05, 0) is 12.8 Å². The van der Waals surface area contributed by atoms with E-state index in [1.807, 2.05) is 0 Å². The Hall–Kier alpha value is -0.370. The number of hydrogen-bond acceptors (Lipinski definition) is 2. The van der Waals surface area contributed by atoms with Crippen molar-refractivity contribution in [2.45, 2.75) is 44.6 Å². The molecule has 2 heteroatoms. The van der Waals surface area contributed by atoms with Crippen LogP contribution >= 0.6 is 0 Å². The molecule has 2 aliphatic rings. The molecule has 2 aliphatic carbocycles. The smallest absolute Gasteiger partial charge is 0.142 e. The maximum absolute atomic E-state index is 11.3. The normalized spacial score (nSPS) is 35.4. The first-order chi connectivity index (χ1) is 5.26. The maximum atomic E-state index is 11.3. The summed E-state index contributed by atoms with van der Waals surface area (Å²) in [6.07, 6.45) is 6.47. The lowest BCUT2D eigenvalue weighted by Crippen LogP contribution is -2.59. The van der Waals surface area contributed by atoms with Crippen molar-refractivity contribution in [3.05, 3.63) is 0 Å². The lowest BCUT2D eigenvalue weighted by molar-refractivity contribution is -0.143. The fourth-order valence-corrected chi connectivity index (χ4v) is 2.51. The Morgan fingerprint density at radius 3 is 2.27 bits per heavy atom. The van der Waals surface area contributed by atoms with Crippen molar-refractivity contribution in [3.8, 4) is 0 Å². The van der Waals surface area contributed by atoms with Crippen molar-refractivity contribution in [3.63, 3.8) is 0 Å². The molecule has 0 saturated heterocycles. The quantitative estimate of drug-likeness (QED) is 0.569. The van der Waals surface area contributed by atoms with Crippen molar-refractivity contribution in [1.82, 2.24) is 0 Å². The molecule has 0 heterocycles. The van der Waals surface area contributed by atoms with Gasteiger partial charge in [0.15, 0.2) is 0 Å². The van der Waals surface area contributed by atoms with Crippen LogP contribution in [0, 0.1) is 5.41 Å². The average molecular weight is 153 g/mol. The predicted molar refractivity (Wildman–Crippen MR) is 43.1 cm³/mol. The van der Waals surface area contributed by atoms with Crippen LogP contribution in [0.2, 0.25) is 0 Å². The van der Waals surface area contributed by atoms with Gasteiger partial charge >= 0.3 is 0 Å². The van der Waals surface area contributed by atoms with E-state index in [1.165, 1.54) is 19.3 Å². The second kappa shape index (κ2) is 2.31. The standard InChI is InChI=1S/C9H15NO/c10-7-6-8(11)9(7)4-2-1-3-5-9/h7H,1-6,10H2. The van der Waals surface area contributed by atoms with Gasteiger partial charge in [-0.1, -0.05) is 19.3 Å². The zero-order chi connectivity index (χ0) is 7.90. The van der Waals surface area contributed by atoms with E-state index in [0.717, 1.165) is 12.8 Å². The largest absolute Gasteiger partial charge is 0.326 e. The molecule has 1 spiro atoms. The highest BCUT2D eigenvalue weighted by molar-refractivity contribution is 5.92. The molecule has 0 aromatic carbocycles. The molecule has 0 aliphatic heterocycles. The molecule has 11 heavy (non-hydrogen) atoms. The van der Waals surface area contributed by atoms with Crippen LogP contribution in [0.5, 0.6) is 0 Å². The number of carbonyl (C=O) groups is 1. The van der Waals surface area contributed by atoms with Gasteiger partial charge in [0, 0.05) is 17.9 Å². The zero-order valence-electron chi connectivity index (χ0n) is 6.81. The van der Waals surface area contributed by atoms with E-state index in [0.29, 0.717) is 12.2 Å². The van der Waals surface area contributed by atoms with Gasteiger partial charge < -0.3 is 5.73 Å². The van der Waals surface area contributed by atoms with Gasteiger partial charge in [0.25, 0.3) is 0 Å². The monoisotopic (exact) mass is 153 g/mol. The summed E-state index contributed by atoms with van der Waals surface area (Å²) >= 11 is 0. The van der Waals surface area contributed by atoms with Crippen molar-refractivity contribution in [1.29, 1.82) is 0 Å². The molecule has 2 saturated carbocycles. The summed E-state index contributed by atoms with van der Waals surface area (Å²) in [5.41, 5.74) is 5.81. The molecule has 1 unspecified atom stereocenters. The lowest BCUT2D eigenvalue weighted by Gasteiger charge is -2.48. The zero-order valence-corrected chi connectivity index (χ0v) is 6.81. The predicted octanol–water partition coefficient (Wildman–Crippen LogP) is 1.24. The number of nitrogens with two attached hydrogens (primary N) is 1. The molecule has 0 radical (unpaired) electrons. The molecule has 2 rings (SSSR count). The highest BCUT2D eigenvalue weighted by atomic mass is 16.1. The first-order valence-electron chi connectivity index (χ1n) is 4.55. The number of Topliss-reactive ketones (excluding diaryl/α,β-unsaturated/α-hetero) is 1. The first kappa shape index (κ1) is 7.29. The molecule has 0 amide bonds. The van der Waals surface area contributed by atoms with Crippen molar-refractivity contribution in [2.75, 3.05) is 0 Å². The summed E-state index contributed by atoms with van der Waals surface area (Å²) in [4.78, 5) is 11.3. The van der Waals surface area contributed by atoms with Crippen LogP contribution < -0.4 is 5.73 Å². The number of rotatable bonds is 0. The molecule has 2 fully saturated rings.